The van der Waals surface area contributed by atoms with Crippen LogP contribution < -0.4 is 20.8 Å². The molecule has 0 amide bonds. The van der Waals surface area contributed by atoms with Crippen LogP contribution in [0.15, 0.2) is 41.3 Å². The van der Waals surface area contributed by atoms with Crippen LogP contribution in [0.5, 0.6) is 5.75 Å². The molecule has 1 fully saturated rings. The van der Waals surface area contributed by atoms with E-state index in [1.54, 1.807) is 29.2 Å². The van der Waals surface area contributed by atoms with E-state index in [0.29, 0.717) is 24.5 Å². The summed E-state index contributed by atoms with van der Waals surface area (Å²) in [6, 6.07) is 7.75. The highest BCUT2D eigenvalue weighted by Gasteiger charge is 2.30. The number of aromatic nitrogens is 2. The van der Waals surface area contributed by atoms with Gasteiger partial charge >= 0.3 is 5.97 Å². The van der Waals surface area contributed by atoms with Crippen molar-refractivity contribution in [2.24, 2.45) is 11.7 Å². The van der Waals surface area contributed by atoms with Crippen LogP contribution >= 0.6 is 0 Å². The van der Waals surface area contributed by atoms with Gasteiger partial charge in [-0.05, 0) is 36.2 Å². The average molecular weight is 412 g/mol. The zero-order chi connectivity index (χ0) is 21.6. The van der Waals surface area contributed by atoms with E-state index in [1.807, 2.05) is 6.92 Å². The number of nitrogens with two attached hydrogens (primary N) is 1. The SMILES string of the molecule is COc1ccc(-n2cc(C(=O)O)c(=O)c3cc(F)c(N4C[C@@H](N)[C@@H](C)C4)nc32)cc1. The molecule has 2 aromatic heterocycles. The summed E-state index contributed by atoms with van der Waals surface area (Å²) in [6.45, 7) is 2.96. The Balaban J connectivity index is 1.98. The number of aromatic carboxylic acids is 1. The van der Waals surface area contributed by atoms with Crippen LogP contribution in [0.4, 0.5) is 10.2 Å². The molecule has 1 aliphatic heterocycles. The van der Waals surface area contributed by atoms with Crippen LogP contribution in [-0.4, -0.2) is 46.9 Å². The van der Waals surface area contributed by atoms with Crippen molar-refractivity contribution in [1.29, 1.82) is 0 Å². The number of hydrogen-bond acceptors (Lipinski definition) is 6. The van der Waals surface area contributed by atoms with Crippen LogP contribution in [0.3, 0.4) is 0 Å². The number of carbonyl (C=O) groups is 1. The molecule has 0 bridgehead atoms. The normalized spacial score (nSPS) is 18.7. The van der Waals surface area contributed by atoms with Gasteiger partial charge in [0, 0.05) is 31.0 Å². The van der Waals surface area contributed by atoms with Gasteiger partial charge in [0.05, 0.1) is 12.5 Å². The van der Waals surface area contributed by atoms with Crippen molar-refractivity contribution < 1.29 is 19.0 Å². The Morgan fingerprint density at radius 2 is 2.00 bits per heavy atom. The predicted molar refractivity (Wildman–Crippen MR) is 110 cm³/mol. The second-order valence-electron chi connectivity index (χ2n) is 7.46. The number of ether oxygens (including phenoxy) is 1. The lowest BCUT2D eigenvalue weighted by molar-refractivity contribution is 0.0695. The van der Waals surface area contributed by atoms with Gasteiger partial charge in [0.2, 0.25) is 5.43 Å². The number of methoxy groups -OCH3 is 1. The molecule has 1 saturated heterocycles. The zero-order valence-corrected chi connectivity index (χ0v) is 16.5. The van der Waals surface area contributed by atoms with E-state index in [2.05, 4.69) is 4.98 Å². The molecule has 1 aliphatic rings. The number of hydrogen-bond donors (Lipinski definition) is 2. The molecule has 9 heteroatoms. The summed E-state index contributed by atoms with van der Waals surface area (Å²) in [7, 11) is 1.53. The predicted octanol–water partition coefficient (Wildman–Crippen LogP) is 2.01. The van der Waals surface area contributed by atoms with E-state index < -0.39 is 22.8 Å². The summed E-state index contributed by atoms with van der Waals surface area (Å²) >= 11 is 0. The number of rotatable bonds is 4. The molecular formula is C21H21FN4O4. The summed E-state index contributed by atoms with van der Waals surface area (Å²) in [5.41, 5.74) is 5.54. The van der Waals surface area contributed by atoms with Gasteiger partial charge in [0.1, 0.15) is 11.3 Å². The quantitative estimate of drug-likeness (QED) is 0.674. The van der Waals surface area contributed by atoms with Gasteiger partial charge in [-0.15, -0.1) is 0 Å². The molecule has 0 spiro atoms. The summed E-state index contributed by atoms with van der Waals surface area (Å²) in [5.74, 6) is -1.22. The average Bonchev–Trinajstić information content (AvgIpc) is 3.06. The maximum atomic E-state index is 14.9. The van der Waals surface area contributed by atoms with Crippen molar-refractivity contribution in [2.75, 3.05) is 25.1 Å². The third-order valence-electron chi connectivity index (χ3n) is 5.46. The standard InChI is InChI=1S/C21H21FN4O4/c1-11-8-25(10-17(11)23)20-16(22)7-14-18(27)15(21(28)29)9-26(19(14)24-20)12-3-5-13(30-2)6-4-12/h3-7,9,11,17H,8,10,23H2,1-2H3,(H,28,29)/t11-,17+/m0/s1. The molecule has 0 radical (unpaired) electrons. The molecule has 3 heterocycles. The fraction of sp³-hybridized carbons (Fsp3) is 0.286. The van der Waals surface area contributed by atoms with Gasteiger partial charge in [-0.3, -0.25) is 4.79 Å². The minimum Gasteiger partial charge on any atom is -0.497 e. The molecule has 2 atom stereocenters. The number of carboxylic acid groups (broad SMARTS) is 1. The summed E-state index contributed by atoms with van der Waals surface area (Å²) in [6.07, 6.45) is 1.21. The van der Waals surface area contributed by atoms with E-state index in [-0.39, 0.29) is 28.8 Å². The van der Waals surface area contributed by atoms with Crippen LogP contribution in [-0.2, 0) is 0 Å². The molecule has 3 N–H and O–H groups in total. The molecule has 8 nitrogen and oxygen atoms in total. The van der Waals surface area contributed by atoms with E-state index >= 15 is 0 Å². The smallest absolute Gasteiger partial charge is 0.341 e. The lowest BCUT2D eigenvalue weighted by atomic mass is 10.1. The number of nitrogens with zero attached hydrogens (tertiary/aromatic N) is 3. The van der Waals surface area contributed by atoms with Crippen LogP contribution in [0, 0.1) is 11.7 Å². The number of fused-ring (bicyclic) bond motifs is 1. The van der Waals surface area contributed by atoms with Crippen LogP contribution in [0.25, 0.3) is 16.7 Å². The summed E-state index contributed by atoms with van der Waals surface area (Å²) in [4.78, 5) is 30.5. The maximum Gasteiger partial charge on any atom is 0.341 e. The molecular weight excluding hydrogens is 391 g/mol. The minimum absolute atomic E-state index is 0.0898. The van der Waals surface area contributed by atoms with Gasteiger partial charge in [0.25, 0.3) is 0 Å². The highest BCUT2D eigenvalue weighted by atomic mass is 19.1. The summed E-state index contributed by atoms with van der Waals surface area (Å²) < 4.78 is 21.5. The largest absolute Gasteiger partial charge is 0.497 e. The first-order valence-electron chi connectivity index (χ1n) is 9.44. The van der Waals surface area contributed by atoms with Gasteiger partial charge in [-0.1, -0.05) is 6.92 Å². The number of carboxylic acids is 1. The molecule has 156 valence electrons. The van der Waals surface area contributed by atoms with Gasteiger partial charge in [-0.2, -0.15) is 0 Å². The van der Waals surface area contributed by atoms with Crippen molar-refractivity contribution in [3.8, 4) is 11.4 Å². The molecule has 0 aliphatic carbocycles. The number of halogens is 1. The maximum absolute atomic E-state index is 14.9. The van der Waals surface area contributed by atoms with E-state index in [4.69, 9.17) is 10.5 Å². The Hall–Kier alpha value is -3.46. The van der Waals surface area contributed by atoms with E-state index in [0.717, 1.165) is 6.07 Å². The molecule has 30 heavy (non-hydrogen) atoms. The third kappa shape index (κ3) is 3.26. The van der Waals surface area contributed by atoms with Crippen LogP contribution in [0.2, 0.25) is 0 Å². The minimum atomic E-state index is -1.40. The van der Waals surface area contributed by atoms with Crippen molar-refractivity contribution in [1.82, 2.24) is 9.55 Å². The molecule has 0 saturated carbocycles. The van der Waals surface area contributed by atoms with Crippen molar-refractivity contribution in [3.05, 3.63) is 58.1 Å². The first-order valence-corrected chi connectivity index (χ1v) is 9.44. The first kappa shape index (κ1) is 19.8. The molecule has 0 unspecified atom stereocenters. The second-order valence-corrected chi connectivity index (χ2v) is 7.46. The number of pyridine rings is 2. The lowest BCUT2D eigenvalue weighted by Gasteiger charge is -2.20. The van der Waals surface area contributed by atoms with E-state index in [1.165, 1.54) is 17.9 Å². The van der Waals surface area contributed by atoms with Gasteiger partial charge in [0.15, 0.2) is 17.3 Å². The van der Waals surface area contributed by atoms with E-state index in [9.17, 15) is 19.1 Å². The molecule has 3 aromatic rings. The monoisotopic (exact) mass is 412 g/mol. The van der Waals surface area contributed by atoms with Crippen LogP contribution in [0.1, 0.15) is 17.3 Å². The lowest BCUT2D eigenvalue weighted by Crippen LogP contribution is -2.29. The van der Waals surface area contributed by atoms with Crippen molar-refractivity contribution >= 4 is 22.8 Å². The molecule has 4 rings (SSSR count). The number of anilines is 1. The Kier molecular flexibility index (Phi) is 4.90. The highest BCUT2D eigenvalue weighted by molar-refractivity contribution is 5.92. The Morgan fingerprint density at radius 3 is 2.57 bits per heavy atom. The van der Waals surface area contributed by atoms with Gasteiger partial charge in [-0.25, -0.2) is 14.2 Å². The fourth-order valence-electron chi connectivity index (χ4n) is 3.69. The van der Waals surface area contributed by atoms with Crippen molar-refractivity contribution in [2.45, 2.75) is 13.0 Å². The Labute approximate surface area is 171 Å². The second kappa shape index (κ2) is 7.42. The highest BCUT2D eigenvalue weighted by Crippen LogP contribution is 2.27. The topological polar surface area (TPSA) is 111 Å². The summed E-state index contributed by atoms with van der Waals surface area (Å²) in [5, 5.41) is 9.36. The van der Waals surface area contributed by atoms with Gasteiger partial charge < -0.3 is 25.0 Å². The number of benzene rings is 1. The fourth-order valence-corrected chi connectivity index (χ4v) is 3.69. The first-order chi connectivity index (χ1) is 14.3. The Bertz CT molecular complexity index is 1180. The third-order valence-corrected chi connectivity index (χ3v) is 5.46. The Morgan fingerprint density at radius 1 is 1.30 bits per heavy atom. The molecule has 1 aromatic carbocycles. The van der Waals surface area contributed by atoms with Crippen molar-refractivity contribution in [3.63, 3.8) is 0 Å². The zero-order valence-electron chi connectivity index (χ0n) is 16.5.